The highest BCUT2D eigenvalue weighted by molar-refractivity contribution is 7.90. The monoisotopic (exact) mass is 246 g/mol. The summed E-state index contributed by atoms with van der Waals surface area (Å²) in [6.45, 7) is 1.93. The fourth-order valence-corrected chi connectivity index (χ4v) is 2.27. The molecule has 5 nitrogen and oxygen atoms in total. The molecule has 1 aromatic heterocycles. The average Bonchev–Trinajstić information content (AvgIpc) is 2.58. The van der Waals surface area contributed by atoms with Crippen molar-refractivity contribution >= 4 is 9.84 Å². The minimum absolute atomic E-state index is 0.128. The molecule has 16 heavy (non-hydrogen) atoms. The van der Waals surface area contributed by atoms with E-state index in [0.29, 0.717) is 12.8 Å². The molecule has 0 fully saturated rings. The lowest BCUT2D eigenvalue weighted by molar-refractivity contribution is 0.396. The van der Waals surface area contributed by atoms with Crippen LogP contribution in [0.4, 0.5) is 0 Å². The summed E-state index contributed by atoms with van der Waals surface area (Å²) in [6, 6.07) is 1.73. The molecule has 1 rings (SSSR count). The van der Waals surface area contributed by atoms with Crippen molar-refractivity contribution in [1.29, 1.82) is 0 Å². The molecule has 0 aliphatic heterocycles. The van der Waals surface area contributed by atoms with Crippen LogP contribution in [0.1, 0.15) is 30.2 Å². The first-order valence-corrected chi connectivity index (χ1v) is 7.18. The lowest BCUT2D eigenvalue weighted by atomic mass is 10.1. The molecule has 0 saturated carbocycles. The second-order valence-electron chi connectivity index (χ2n) is 3.96. The third kappa shape index (κ3) is 3.96. The van der Waals surface area contributed by atoms with Crippen molar-refractivity contribution in [3.63, 3.8) is 0 Å². The number of nitrogens with one attached hydrogen (secondary N) is 1. The second-order valence-corrected chi connectivity index (χ2v) is 6.22. The van der Waals surface area contributed by atoms with Gasteiger partial charge in [-0.3, -0.25) is 5.84 Å². The topological polar surface area (TPSA) is 85.3 Å². The van der Waals surface area contributed by atoms with Crippen molar-refractivity contribution in [2.45, 2.75) is 25.8 Å². The Kier molecular flexibility index (Phi) is 4.52. The molecule has 1 atom stereocenters. The molecule has 0 aromatic carbocycles. The third-order valence-electron chi connectivity index (χ3n) is 2.43. The molecule has 1 heterocycles. The van der Waals surface area contributed by atoms with Crippen LogP contribution in [-0.4, -0.2) is 20.4 Å². The van der Waals surface area contributed by atoms with Gasteiger partial charge in [-0.05, 0) is 31.4 Å². The van der Waals surface area contributed by atoms with Crippen LogP contribution in [0.25, 0.3) is 0 Å². The lowest BCUT2D eigenvalue weighted by Gasteiger charge is -2.13. The van der Waals surface area contributed by atoms with Crippen molar-refractivity contribution in [3.8, 4) is 0 Å². The van der Waals surface area contributed by atoms with Gasteiger partial charge in [0.05, 0.1) is 12.3 Å². The molecule has 0 aliphatic carbocycles. The van der Waals surface area contributed by atoms with Crippen LogP contribution in [-0.2, 0) is 9.84 Å². The molecule has 0 saturated heterocycles. The van der Waals surface area contributed by atoms with E-state index in [1.165, 1.54) is 6.26 Å². The van der Waals surface area contributed by atoms with Crippen LogP contribution in [0.2, 0.25) is 0 Å². The minimum atomic E-state index is -2.91. The molecule has 0 bridgehead atoms. The van der Waals surface area contributed by atoms with Crippen molar-refractivity contribution in [2.24, 2.45) is 5.84 Å². The smallest absolute Gasteiger partial charge is 0.147 e. The molecule has 1 unspecified atom stereocenters. The Labute approximate surface area is 95.9 Å². The van der Waals surface area contributed by atoms with Gasteiger partial charge in [-0.25, -0.2) is 13.8 Å². The Hall–Kier alpha value is -0.850. The first kappa shape index (κ1) is 13.2. The zero-order valence-corrected chi connectivity index (χ0v) is 10.4. The van der Waals surface area contributed by atoms with E-state index in [9.17, 15) is 8.42 Å². The van der Waals surface area contributed by atoms with Crippen LogP contribution in [0.5, 0.6) is 0 Å². The summed E-state index contributed by atoms with van der Waals surface area (Å²) in [5.74, 6) is 6.37. The van der Waals surface area contributed by atoms with Gasteiger partial charge in [-0.1, -0.05) is 0 Å². The van der Waals surface area contributed by atoms with E-state index in [0.717, 1.165) is 11.3 Å². The molecule has 6 heteroatoms. The number of hydrogen-bond acceptors (Lipinski definition) is 5. The summed E-state index contributed by atoms with van der Waals surface area (Å²) < 4.78 is 27.3. The maximum Gasteiger partial charge on any atom is 0.147 e. The van der Waals surface area contributed by atoms with Crippen LogP contribution in [0, 0.1) is 6.92 Å². The molecule has 3 N–H and O–H groups in total. The highest BCUT2D eigenvalue weighted by Gasteiger charge is 2.16. The van der Waals surface area contributed by atoms with Gasteiger partial charge < -0.3 is 4.42 Å². The zero-order valence-electron chi connectivity index (χ0n) is 9.56. The maximum absolute atomic E-state index is 11.0. The summed E-state index contributed by atoms with van der Waals surface area (Å²) in [6.07, 6.45) is 4.04. The van der Waals surface area contributed by atoms with Gasteiger partial charge in [-0.2, -0.15) is 0 Å². The van der Waals surface area contributed by atoms with Crippen molar-refractivity contribution in [1.82, 2.24) is 5.43 Å². The van der Waals surface area contributed by atoms with Crippen molar-refractivity contribution in [3.05, 3.63) is 23.7 Å². The van der Waals surface area contributed by atoms with Crippen LogP contribution in [0.15, 0.2) is 16.7 Å². The number of sulfone groups is 1. The normalized spacial score (nSPS) is 13.9. The summed E-state index contributed by atoms with van der Waals surface area (Å²) in [7, 11) is -2.91. The van der Waals surface area contributed by atoms with Gasteiger partial charge in [0.25, 0.3) is 0 Å². The number of rotatable bonds is 6. The van der Waals surface area contributed by atoms with E-state index in [1.807, 2.05) is 13.0 Å². The Morgan fingerprint density at radius 3 is 2.69 bits per heavy atom. The Bertz CT molecular complexity index is 425. The Morgan fingerprint density at radius 2 is 2.25 bits per heavy atom. The van der Waals surface area contributed by atoms with Crippen LogP contribution in [0.3, 0.4) is 0 Å². The van der Waals surface area contributed by atoms with Gasteiger partial charge in [0.2, 0.25) is 0 Å². The predicted octanol–water partition coefficient (Wildman–Crippen LogP) is 0.917. The molecule has 0 aliphatic rings. The first-order valence-electron chi connectivity index (χ1n) is 5.12. The minimum Gasteiger partial charge on any atom is -0.467 e. The highest BCUT2D eigenvalue weighted by atomic mass is 32.2. The van der Waals surface area contributed by atoms with Crippen molar-refractivity contribution < 1.29 is 12.8 Å². The SMILES string of the molecule is Cc1ccoc1C(CCCS(C)(=O)=O)NN. The van der Waals surface area contributed by atoms with Crippen LogP contribution >= 0.6 is 0 Å². The fraction of sp³-hybridized carbons (Fsp3) is 0.600. The molecular formula is C10H18N2O3S. The number of furan rings is 1. The first-order chi connectivity index (χ1) is 7.44. The van der Waals surface area contributed by atoms with E-state index < -0.39 is 9.84 Å². The van der Waals surface area contributed by atoms with E-state index in [2.05, 4.69) is 5.43 Å². The predicted molar refractivity (Wildman–Crippen MR) is 62.5 cm³/mol. The molecule has 92 valence electrons. The molecule has 0 spiro atoms. The van der Waals surface area contributed by atoms with Gasteiger partial charge in [0.15, 0.2) is 0 Å². The highest BCUT2D eigenvalue weighted by Crippen LogP contribution is 2.22. The second kappa shape index (κ2) is 5.47. The zero-order chi connectivity index (χ0) is 12.2. The van der Waals surface area contributed by atoms with Gasteiger partial charge >= 0.3 is 0 Å². The number of hydrazine groups is 1. The molecule has 1 aromatic rings. The quantitative estimate of drug-likeness (QED) is 0.576. The number of aryl methyl sites for hydroxylation is 1. The summed E-state index contributed by atoms with van der Waals surface area (Å²) in [5.41, 5.74) is 3.66. The van der Waals surface area contributed by atoms with Gasteiger partial charge in [0.1, 0.15) is 15.6 Å². The standard InChI is InChI=1S/C10H18N2O3S/c1-8-5-6-15-10(8)9(12-11)4-3-7-16(2,13)14/h5-6,9,12H,3-4,7,11H2,1-2H3. The fourth-order valence-electron chi connectivity index (χ4n) is 1.58. The molecule has 0 radical (unpaired) electrons. The average molecular weight is 246 g/mol. The summed E-state index contributed by atoms with van der Waals surface area (Å²) in [5, 5.41) is 0. The summed E-state index contributed by atoms with van der Waals surface area (Å²) >= 11 is 0. The molecule has 0 amide bonds. The number of hydrogen-bond donors (Lipinski definition) is 2. The van der Waals surface area contributed by atoms with E-state index in [1.54, 1.807) is 6.26 Å². The van der Waals surface area contributed by atoms with E-state index in [-0.39, 0.29) is 11.8 Å². The van der Waals surface area contributed by atoms with E-state index in [4.69, 9.17) is 10.3 Å². The molecular weight excluding hydrogens is 228 g/mol. The Morgan fingerprint density at radius 1 is 1.56 bits per heavy atom. The number of nitrogens with two attached hydrogens (primary N) is 1. The summed E-state index contributed by atoms with van der Waals surface area (Å²) in [4.78, 5) is 0. The van der Waals surface area contributed by atoms with Crippen LogP contribution < -0.4 is 11.3 Å². The Balaban J connectivity index is 2.54. The van der Waals surface area contributed by atoms with E-state index >= 15 is 0 Å². The maximum atomic E-state index is 11.0. The van der Waals surface area contributed by atoms with Gasteiger partial charge in [0, 0.05) is 12.0 Å². The largest absolute Gasteiger partial charge is 0.467 e. The van der Waals surface area contributed by atoms with Crippen molar-refractivity contribution in [2.75, 3.05) is 12.0 Å². The lowest BCUT2D eigenvalue weighted by Crippen LogP contribution is -2.28. The van der Waals surface area contributed by atoms with Gasteiger partial charge in [-0.15, -0.1) is 0 Å². The third-order valence-corrected chi connectivity index (χ3v) is 3.46.